The van der Waals surface area contributed by atoms with Gasteiger partial charge < -0.3 is 10.0 Å². The third-order valence-corrected chi connectivity index (χ3v) is 4.80. The first-order chi connectivity index (χ1) is 7.61. The van der Waals surface area contributed by atoms with Crippen LogP contribution in [0, 0.1) is 11.3 Å². The first-order valence-corrected chi connectivity index (χ1v) is 7.02. The van der Waals surface area contributed by atoms with Crippen molar-refractivity contribution in [2.75, 3.05) is 19.6 Å². The molecule has 1 aliphatic carbocycles. The second-order valence-corrected chi connectivity index (χ2v) is 6.32. The highest BCUT2D eigenvalue weighted by Crippen LogP contribution is 2.46. The van der Waals surface area contributed by atoms with E-state index in [2.05, 4.69) is 18.7 Å². The molecule has 0 amide bonds. The van der Waals surface area contributed by atoms with Crippen LogP contribution in [0.3, 0.4) is 0 Å². The molecule has 0 aromatic carbocycles. The van der Waals surface area contributed by atoms with Crippen LogP contribution >= 0.6 is 0 Å². The van der Waals surface area contributed by atoms with Gasteiger partial charge in [-0.25, -0.2) is 0 Å². The third kappa shape index (κ3) is 2.78. The van der Waals surface area contributed by atoms with Gasteiger partial charge >= 0.3 is 0 Å². The molecule has 1 aliphatic heterocycles. The Labute approximate surface area is 100 Å². The number of piperidine rings is 1. The van der Waals surface area contributed by atoms with Crippen molar-refractivity contribution in [2.45, 2.75) is 58.5 Å². The standard InChI is InChI=1S/C14H27NO/c1-12(2)13(16)11-15-9-7-14(8-10-15)5-3-4-6-14/h12-13,16H,3-11H2,1-2H3. The summed E-state index contributed by atoms with van der Waals surface area (Å²) in [7, 11) is 0. The van der Waals surface area contributed by atoms with E-state index in [9.17, 15) is 5.11 Å². The number of aliphatic hydroxyl groups excluding tert-OH is 1. The van der Waals surface area contributed by atoms with E-state index >= 15 is 0 Å². The molecule has 1 saturated heterocycles. The Morgan fingerprint density at radius 1 is 1.06 bits per heavy atom. The molecule has 0 aromatic heterocycles. The molecule has 94 valence electrons. The summed E-state index contributed by atoms with van der Waals surface area (Å²) in [6, 6.07) is 0. The van der Waals surface area contributed by atoms with Gasteiger partial charge in [-0.15, -0.1) is 0 Å². The van der Waals surface area contributed by atoms with E-state index in [0.29, 0.717) is 11.3 Å². The lowest BCUT2D eigenvalue weighted by Crippen LogP contribution is -2.43. The van der Waals surface area contributed by atoms with E-state index in [4.69, 9.17) is 0 Å². The zero-order valence-electron chi connectivity index (χ0n) is 10.9. The van der Waals surface area contributed by atoms with Crippen LogP contribution in [-0.4, -0.2) is 35.7 Å². The molecule has 1 spiro atoms. The fourth-order valence-electron chi connectivity index (χ4n) is 3.31. The second kappa shape index (κ2) is 5.05. The molecule has 2 aliphatic rings. The Bertz CT molecular complexity index is 211. The highest BCUT2D eigenvalue weighted by molar-refractivity contribution is 4.90. The highest BCUT2D eigenvalue weighted by Gasteiger charge is 2.37. The Kier molecular flexibility index (Phi) is 3.91. The molecule has 0 radical (unpaired) electrons. The lowest BCUT2D eigenvalue weighted by molar-refractivity contribution is 0.0404. The fraction of sp³-hybridized carbons (Fsp3) is 1.00. The van der Waals surface area contributed by atoms with Crippen molar-refractivity contribution >= 4 is 0 Å². The highest BCUT2D eigenvalue weighted by atomic mass is 16.3. The van der Waals surface area contributed by atoms with Gasteiger partial charge in [0.25, 0.3) is 0 Å². The summed E-state index contributed by atoms with van der Waals surface area (Å²) in [4.78, 5) is 2.47. The SMILES string of the molecule is CC(C)C(O)CN1CCC2(CCCC2)CC1. The predicted molar refractivity (Wildman–Crippen MR) is 67.4 cm³/mol. The molecular formula is C14H27NO. The molecule has 0 bridgehead atoms. The summed E-state index contributed by atoms with van der Waals surface area (Å²) in [6.45, 7) is 7.52. The molecule has 1 atom stereocenters. The van der Waals surface area contributed by atoms with E-state index < -0.39 is 0 Å². The maximum Gasteiger partial charge on any atom is 0.0689 e. The van der Waals surface area contributed by atoms with Crippen molar-refractivity contribution < 1.29 is 5.11 Å². The number of rotatable bonds is 3. The third-order valence-electron chi connectivity index (χ3n) is 4.80. The van der Waals surface area contributed by atoms with Crippen LogP contribution < -0.4 is 0 Å². The Balaban J connectivity index is 1.76. The van der Waals surface area contributed by atoms with E-state index in [1.165, 1.54) is 51.6 Å². The average molecular weight is 225 g/mol. The normalized spacial score (nSPS) is 27.8. The fourth-order valence-corrected chi connectivity index (χ4v) is 3.31. The number of β-amino-alcohol motifs (C(OH)–C–C–N with tert-alkyl or cyclic N) is 1. The number of hydrogen-bond donors (Lipinski definition) is 1. The molecular weight excluding hydrogens is 198 g/mol. The maximum absolute atomic E-state index is 9.89. The zero-order valence-corrected chi connectivity index (χ0v) is 10.9. The summed E-state index contributed by atoms with van der Waals surface area (Å²) in [5.41, 5.74) is 0.708. The van der Waals surface area contributed by atoms with Crippen molar-refractivity contribution in [3.63, 3.8) is 0 Å². The lowest BCUT2D eigenvalue weighted by Gasteiger charge is -2.40. The summed E-state index contributed by atoms with van der Waals surface area (Å²) in [5.74, 6) is 0.391. The van der Waals surface area contributed by atoms with Crippen molar-refractivity contribution in [1.29, 1.82) is 0 Å². The van der Waals surface area contributed by atoms with Gasteiger partial charge in [0.15, 0.2) is 0 Å². The van der Waals surface area contributed by atoms with E-state index in [0.717, 1.165) is 6.54 Å². The number of nitrogens with zero attached hydrogens (tertiary/aromatic N) is 1. The summed E-state index contributed by atoms with van der Waals surface area (Å²) in [5, 5.41) is 9.89. The molecule has 0 aromatic rings. The molecule has 2 fully saturated rings. The van der Waals surface area contributed by atoms with Crippen LogP contribution in [0.2, 0.25) is 0 Å². The number of aliphatic hydroxyl groups is 1. The average Bonchev–Trinajstić information content (AvgIpc) is 2.70. The van der Waals surface area contributed by atoms with Crippen molar-refractivity contribution in [2.24, 2.45) is 11.3 Å². The molecule has 1 N–H and O–H groups in total. The Morgan fingerprint density at radius 2 is 1.62 bits per heavy atom. The van der Waals surface area contributed by atoms with Gasteiger partial charge in [0.05, 0.1) is 6.10 Å². The minimum Gasteiger partial charge on any atom is -0.392 e. The molecule has 2 nitrogen and oxygen atoms in total. The summed E-state index contributed by atoms with van der Waals surface area (Å²) < 4.78 is 0. The van der Waals surface area contributed by atoms with Gasteiger partial charge in [-0.1, -0.05) is 26.7 Å². The topological polar surface area (TPSA) is 23.5 Å². The molecule has 1 saturated carbocycles. The number of hydrogen-bond acceptors (Lipinski definition) is 2. The number of likely N-dealkylation sites (tertiary alicyclic amines) is 1. The van der Waals surface area contributed by atoms with E-state index in [1.54, 1.807) is 0 Å². The van der Waals surface area contributed by atoms with Gasteiger partial charge in [0.1, 0.15) is 0 Å². The minimum atomic E-state index is -0.141. The molecule has 1 unspecified atom stereocenters. The van der Waals surface area contributed by atoms with Crippen LogP contribution in [0.25, 0.3) is 0 Å². The van der Waals surface area contributed by atoms with Gasteiger partial charge in [-0.2, -0.15) is 0 Å². The second-order valence-electron chi connectivity index (χ2n) is 6.32. The monoisotopic (exact) mass is 225 g/mol. The Hall–Kier alpha value is -0.0800. The van der Waals surface area contributed by atoms with Crippen molar-refractivity contribution in [3.05, 3.63) is 0 Å². The van der Waals surface area contributed by atoms with Gasteiger partial charge in [0.2, 0.25) is 0 Å². The molecule has 2 heteroatoms. The first kappa shape index (κ1) is 12.4. The van der Waals surface area contributed by atoms with Crippen LogP contribution in [0.1, 0.15) is 52.4 Å². The van der Waals surface area contributed by atoms with Crippen LogP contribution in [0.15, 0.2) is 0 Å². The van der Waals surface area contributed by atoms with Crippen LogP contribution in [0.4, 0.5) is 0 Å². The maximum atomic E-state index is 9.89. The summed E-state index contributed by atoms with van der Waals surface area (Å²) >= 11 is 0. The first-order valence-electron chi connectivity index (χ1n) is 7.02. The molecule has 2 rings (SSSR count). The van der Waals surface area contributed by atoms with Crippen LogP contribution in [-0.2, 0) is 0 Å². The largest absolute Gasteiger partial charge is 0.392 e. The van der Waals surface area contributed by atoms with Gasteiger partial charge in [0, 0.05) is 6.54 Å². The van der Waals surface area contributed by atoms with Crippen molar-refractivity contribution in [1.82, 2.24) is 4.90 Å². The smallest absolute Gasteiger partial charge is 0.0689 e. The van der Waals surface area contributed by atoms with Gasteiger partial charge in [-0.05, 0) is 50.1 Å². The predicted octanol–water partition coefficient (Wildman–Crippen LogP) is 2.66. The molecule has 1 heterocycles. The molecule has 16 heavy (non-hydrogen) atoms. The Morgan fingerprint density at radius 3 is 2.12 bits per heavy atom. The van der Waals surface area contributed by atoms with Crippen molar-refractivity contribution in [3.8, 4) is 0 Å². The zero-order chi connectivity index (χ0) is 11.6. The summed E-state index contributed by atoms with van der Waals surface area (Å²) in [6.07, 6.45) is 8.44. The van der Waals surface area contributed by atoms with Gasteiger partial charge in [-0.3, -0.25) is 0 Å². The quantitative estimate of drug-likeness (QED) is 0.798. The van der Waals surface area contributed by atoms with Crippen LogP contribution in [0.5, 0.6) is 0 Å². The van der Waals surface area contributed by atoms with E-state index in [-0.39, 0.29) is 6.10 Å². The van der Waals surface area contributed by atoms with E-state index in [1.807, 2.05) is 0 Å². The minimum absolute atomic E-state index is 0.141. The lowest BCUT2D eigenvalue weighted by atomic mass is 9.77.